The highest BCUT2D eigenvalue weighted by atomic mass is 16.4. The molecule has 3 N–H and O–H groups in total. The Morgan fingerprint density at radius 2 is 1.77 bits per heavy atom. The molecule has 2 fully saturated rings. The molecule has 4 nitrogen and oxygen atoms in total. The monoisotopic (exact) mass is 432 g/mol. The molecule has 0 aliphatic heterocycles. The highest BCUT2D eigenvalue weighted by Crippen LogP contribution is 2.55. The maximum atomic E-state index is 10.7. The van der Waals surface area contributed by atoms with Crippen LogP contribution in [-0.2, 0) is 4.79 Å². The highest BCUT2D eigenvalue weighted by Gasteiger charge is 2.50. The van der Waals surface area contributed by atoms with Crippen LogP contribution in [0.4, 0.5) is 0 Å². The number of carboxylic acid groups (broad SMARTS) is 1. The smallest absolute Gasteiger partial charge is 0.303 e. The van der Waals surface area contributed by atoms with Gasteiger partial charge in [0.25, 0.3) is 0 Å². The summed E-state index contributed by atoms with van der Waals surface area (Å²) in [5.41, 5.74) is 1.42. The van der Waals surface area contributed by atoms with Crippen molar-refractivity contribution in [3.63, 3.8) is 0 Å². The van der Waals surface area contributed by atoms with Gasteiger partial charge in [-0.2, -0.15) is 0 Å². The maximum absolute atomic E-state index is 10.7. The van der Waals surface area contributed by atoms with Gasteiger partial charge in [-0.15, -0.1) is 0 Å². The largest absolute Gasteiger partial charge is 0.481 e. The molecule has 0 bridgehead atoms. The molecule has 0 aromatic carbocycles. The standard InChI is InChI=1S/C27H44O4/c1-3-4-5-6-7-8-9-10-13-21(28)16-17-24-25(29)19-18-23-22(20(2)27(23)24)14-11-12-15-26(30)31/h14,20-21,23-25,27-29H,3-13,15,18-19H2,1-2H3,(H,30,31)/t20?,21?,23-,24+,25-,27+/m1/s1. The summed E-state index contributed by atoms with van der Waals surface area (Å²) in [5, 5.41) is 29.6. The lowest BCUT2D eigenvalue weighted by Gasteiger charge is -2.53. The van der Waals surface area contributed by atoms with E-state index >= 15 is 0 Å². The number of aliphatic hydroxyl groups is 2. The number of aliphatic carboxylic acids is 1. The molecule has 176 valence electrons. The summed E-state index contributed by atoms with van der Waals surface area (Å²) in [6, 6.07) is 0. The third-order valence-electron chi connectivity index (χ3n) is 7.32. The fraction of sp³-hybridized carbons (Fsp3) is 0.815. The van der Waals surface area contributed by atoms with Crippen LogP contribution < -0.4 is 0 Å². The number of fused-ring (bicyclic) bond motifs is 1. The summed E-state index contributed by atoms with van der Waals surface area (Å²) in [4.78, 5) is 10.7. The van der Waals surface area contributed by atoms with Gasteiger partial charge in [0.1, 0.15) is 6.10 Å². The van der Waals surface area contributed by atoms with Crippen molar-refractivity contribution >= 4 is 5.97 Å². The molecule has 2 saturated carbocycles. The molecule has 0 saturated heterocycles. The molecule has 2 aliphatic carbocycles. The fourth-order valence-corrected chi connectivity index (χ4v) is 5.51. The zero-order valence-electron chi connectivity index (χ0n) is 19.7. The quantitative estimate of drug-likeness (QED) is 0.198. The lowest BCUT2D eigenvalue weighted by molar-refractivity contribution is -0.137. The number of allylic oxidation sites excluding steroid dienone is 2. The first-order valence-corrected chi connectivity index (χ1v) is 12.7. The van der Waals surface area contributed by atoms with Crippen molar-refractivity contribution in [2.24, 2.45) is 23.7 Å². The Labute approximate surface area is 189 Å². The Balaban J connectivity index is 1.75. The maximum Gasteiger partial charge on any atom is 0.303 e. The van der Waals surface area contributed by atoms with Gasteiger partial charge < -0.3 is 15.3 Å². The topological polar surface area (TPSA) is 77.8 Å². The van der Waals surface area contributed by atoms with E-state index in [1.165, 1.54) is 44.1 Å². The molecule has 0 spiro atoms. The molecular formula is C27H44O4. The third kappa shape index (κ3) is 8.28. The van der Waals surface area contributed by atoms with E-state index in [-0.39, 0.29) is 12.3 Å². The lowest BCUT2D eigenvalue weighted by Crippen LogP contribution is -2.50. The van der Waals surface area contributed by atoms with E-state index < -0.39 is 18.2 Å². The second-order valence-electron chi connectivity index (χ2n) is 9.70. The van der Waals surface area contributed by atoms with Crippen LogP contribution in [0.2, 0.25) is 0 Å². The van der Waals surface area contributed by atoms with Crippen LogP contribution in [0.3, 0.4) is 0 Å². The first-order valence-electron chi connectivity index (χ1n) is 12.7. The van der Waals surface area contributed by atoms with Crippen LogP contribution >= 0.6 is 0 Å². The van der Waals surface area contributed by atoms with E-state index in [0.29, 0.717) is 24.2 Å². The molecule has 0 aromatic rings. The Kier molecular flexibility index (Phi) is 11.7. The normalized spacial score (nSPS) is 29.5. The summed E-state index contributed by atoms with van der Waals surface area (Å²) >= 11 is 0. The van der Waals surface area contributed by atoms with Gasteiger partial charge in [0.2, 0.25) is 0 Å². The van der Waals surface area contributed by atoms with Crippen LogP contribution in [-0.4, -0.2) is 33.5 Å². The van der Waals surface area contributed by atoms with E-state index in [1.807, 2.05) is 0 Å². The summed E-state index contributed by atoms with van der Waals surface area (Å²) in [6.45, 7) is 4.44. The highest BCUT2D eigenvalue weighted by molar-refractivity contribution is 5.66. The zero-order chi connectivity index (χ0) is 22.6. The predicted octanol–water partition coefficient (Wildman–Crippen LogP) is 5.72. The Bertz CT molecular complexity index is 629. The van der Waals surface area contributed by atoms with Crippen molar-refractivity contribution in [3.8, 4) is 11.8 Å². The average Bonchev–Trinajstić information content (AvgIpc) is 2.74. The fourth-order valence-electron chi connectivity index (χ4n) is 5.51. The molecule has 0 amide bonds. The predicted molar refractivity (Wildman–Crippen MR) is 125 cm³/mol. The molecule has 6 atom stereocenters. The minimum absolute atomic E-state index is 0.0573. The summed E-state index contributed by atoms with van der Waals surface area (Å²) in [7, 11) is 0. The van der Waals surface area contributed by atoms with Gasteiger partial charge in [0.05, 0.1) is 12.0 Å². The Morgan fingerprint density at radius 1 is 1.10 bits per heavy atom. The lowest BCUT2D eigenvalue weighted by atomic mass is 9.51. The molecule has 0 radical (unpaired) electrons. The Hall–Kier alpha value is -1.31. The van der Waals surface area contributed by atoms with Gasteiger partial charge >= 0.3 is 5.97 Å². The van der Waals surface area contributed by atoms with E-state index in [9.17, 15) is 15.0 Å². The van der Waals surface area contributed by atoms with Crippen molar-refractivity contribution < 1.29 is 20.1 Å². The number of rotatable bonds is 13. The molecule has 0 heterocycles. The SMILES string of the molecule is CCCCCCCCCCC(O)C#C[C@@H]1[C@H]2C(C)C(=CCCCC(=O)O)[C@H]2CC[C@H]1O. The minimum atomic E-state index is -0.736. The molecule has 2 rings (SSSR count). The van der Waals surface area contributed by atoms with Crippen LogP contribution in [0.25, 0.3) is 0 Å². The van der Waals surface area contributed by atoms with Gasteiger partial charge in [0.15, 0.2) is 0 Å². The van der Waals surface area contributed by atoms with Gasteiger partial charge in [-0.05, 0) is 56.3 Å². The van der Waals surface area contributed by atoms with Gasteiger partial charge in [-0.25, -0.2) is 0 Å². The second kappa shape index (κ2) is 14.0. The summed E-state index contributed by atoms with van der Waals surface area (Å²) in [5.74, 6) is 6.72. The van der Waals surface area contributed by atoms with Crippen LogP contribution in [0.5, 0.6) is 0 Å². The van der Waals surface area contributed by atoms with Crippen molar-refractivity contribution in [3.05, 3.63) is 11.6 Å². The molecular weight excluding hydrogens is 388 g/mol. The van der Waals surface area contributed by atoms with Crippen molar-refractivity contribution in [2.45, 2.75) is 116 Å². The van der Waals surface area contributed by atoms with E-state index in [2.05, 4.69) is 31.8 Å². The number of carbonyl (C=O) groups is 1. The van der Waals surface area contributed by atoms with Crippen LogP contribution in [0.1, 0.15) is 104 Å². The second-order valence-corrected chi connectivity index (χ2v) is 9.70. The average molecular weight is 433 g/mol. The Morgan fingerprint density at radius 3 is 2.45 bits per heavy atom. The molecule has 0 aromatic heterocycles. The summed E-state index contributed by atoms with van der Waals surface area (Å²) < 4.78 is 0. The van der Waals surface area contributed by atoms with Gasteiger partial charge in [-0.1, -0.05) is 82.3 Å². The van der Waals surface area contributed by atoms with Crippen molar-refractivity contribution in [1.29, 1.82) is 0 Å². The number of carboxylic acids is 1. The number of hydrogen-bond acceptors (Lipinski definition) is 3. The van der Waals surface area contributed by atoms with Crippen LogP contribution in [0, 0.1) is 35.5 Å². The number of aliphatic hydroxyl groups excluding tert-OH is 2. The summed E-state index contributed by atoms with van der Waals surface area (Å²) in [6.07, 6.45) is 15.4. The molecule has 2 unspecified atom stereocenters. The van der Waals surface area contributed by atoms with Crippen molar-refractivity contribution in [1.82, 2.24) is 0 Å². The van der Waals surface area contributed by atoms with E-state index in [0.717, 1.165) is 38.5 Å². The van der Waals surface area contributed by atoms with E-state index in [4.69, 9.17) is 5.11 Å². The molecule has 2 aliphatic rings. The van der Waals surface area contributed by atoms with Crippen molar-refractivity contribution in [2.75, 3.05) is 0 Å². The number of unbranched alkanes of at least 4 members (excludes halogenated alkanes) is 8. The van der Waals surface area contributed by atoms with Crippen LogP contribution in [0.15, 0.2) is 11.6 Å². The first-order chi connectivity index (χ1) is 15.0. The first kappa shape index (κ1) is 25.9. The zero-order valence-corrected chi connectivity index (χ0v) is 19.7. The third-order valence-corrected chi connectivity index (χ3v) is 7.32. The number of hydrogen-bond donors (Lipinski definition) is 3. The molecule has 31 heavy (non-hydrogen) atoms. The molecule has 4 heteroatoms. The van der Waals surface area contributed by atoms with Gasteiger partial charge in [0, 0.05) is 6.42 Å². The van der Waals surface area contributed by atoms with Gasteiger partial charge in [-0.3, -0.25) is 4.79 Å². The van der Waals surface area contributed by atoms with E-state index in [1.54, 1.807) is 0 Å². The minimum Gasteiger partial charge on any atom is -0.481 e.